The molecule has 0 fully saturated rings. The van der Waals surface area contributed by atoms with E-state index in [9.17, 15) is 4.79 Å². The maximum Gasteiger partial charge on any atom is 0.277 e. The molecule has 0 unspecified atom stereocenters. The number of nitrogens with zero attached hydrogens (tertiary/aromatic N) is 3. The highest BCUT2D eigenvalue weighted by Crippen LogP contribution is 2.28. The van der Waals surface area contributed by atoms with Crippen LogP contribution in [0.15, 0.2) is 40.9 Å². The molecule has 4 rings (SSSR count). The molecule has 28 heavy (non-hydrogen) atoms. The van der Waals surface area contributed by atoms with Gasteiger partial charge in [-0.15, -0.1) is 0 Å². The summed E-state index contributed by atoms with van der Waals surface area (Å²) in [6.45, 7) is 7.01. The minimum atomic E-state index is -0.235. The van der Waals surface area contributed by atoms with Crippen molar-refractivity contribution in [2.45, 2.75) is 58.4 Å². The second kappa shape index (κ2) is 7.26. The molecule has 0 saturated heterocycles. The maximum absolute atomic E-state index is 13.0. The molecule has 1 aromatic carbocycles. The largest absolute Gasteiger partial charge is 0.359 e. The Morgan fingerprint density at radius 2 is 1.93 bits per heavy atom. The molecule has 3 heterocycles. The van der Waals surface area contributed by atoms with E-state index in [2.05, 4.69) is 15.0 Å². The Bertz CT molecular complexity index is 980. The molecule has 0 saturated carbocycles. The van der Waals surface area contributed by atoms with Crippen LogP contribution in [0.3, 0.4) is 0 Å². The van der Waals surface area contributed by atoms with Crippen LogP contribution in [0.5, 0.6) is 0 Å². The molecule has 0 bridgehead atoms. The zero-order valence-electron chi connectivity index (χ0n) is 16.7. The number of anilines is 1. The third kappa shape index (κ3) is 3.59. The van der Waals surface area contributed by atoms with E-state index < -0.39 is 0 Å². The van der Waals surface area contributed by atoms with Gasteiger partial charge in [-0.3, -0.25) is 4.79 Å². The lowest BCUT2D eigenvalue weighted by Crippen LogP contribution is -2.15. The molecule has 6 heteroatoms. The molecule has 1 aliphatic rings. The molecule has 1 amide bonds. The van der Waals surface area contributed by atoms with Crippen LogP contribution < -0.4 is 5.32 Å². The van der Waals surface area contributed by atoms with Gasteiger partial charge in [0.1, 0.15) is 17.3 Å². The van der Waals surface area contributed by atoms with Gasteiger partial charge in [0.05, 0.1) is 5.69 Å². The Labute approximate surface area is 165 Å². The van der Waals surface area contributed by atoms with Crippen molar-refractivity contribution in [3.8, 4) is 11.4 Å². The summed E-state index contributed by atoms with van der Waals surface area (Å²) in [6.07, 6.45) is 4.19. The topological polar surface area (TPSA) is 73.0 Å². The number of carbonyl (C=O) groups excluding carboxylic acids is 1. The fourth-order valence-corrected chi connectivity index (χ4v) is 3.57. The first-order valence-corrected chi connectivity index (χ1v) is 9.87. The number of nitrogens with one attached hydrogen (secondary N) is 1. The van der Waals surface area contributed by atoms with Crippen molar-refractivity contribution in [1.82, 2.24) is 14.7 Å². The lowest BCUT2D eigenvalue weighted by molar-refractivity contribution is 0.102. The van der Waals surface area contributed by atoms with Gasteiger partial charge in [0.25, 0.3) is 5.91 Å². The molecule has 3 aromatic rings. The number of rotatable bonds is 3. The van der Waals surface area contributed by atoms with Crippen molar-refractivity contribution in [3.05, 3.63) is 53.5 Å². The van der Waals surface area contributed by atoms with Crippen LogP contribution in [-0.4, -0.2) is 20.6 Å². The average molecular weight is 378 g/mol. The zero-order valence-corrected chi connectivity index (χ0v) is 16.7. The molecular formula is C22H26N4O2. The minimum Gasteiger partial charge on any atom is -0.359 e. The highest BCUT2D eigenvalue weighted by molar-refractivity contribution is 6.03. The molecule has 0 spiro atoms. The lowest BCUT2D eigenvalue weighted by Gasteiger charge is -2.12. The summed E-state index contributed by atoms with van der Waals surface area (Å²) in [5, 5.41) is 6.87. The van der Waals surface area contributed by atoms with E-state index in [1.807, 2.05) is 51.1 Å². The molecular weight excluding hydrogens is 352 g/mol. The van der Waals surface area contributed by atoms with Crippen molar-refractivity contribution in [2.24, 2.45) is 0 Å². The number of fused-ring (bicyclic) bond motifs is 1. The summed E-state index contributed by atoms with van der Waals surface area (Å²) in [6, 6.07) is 11.8. The van der Waals surface area contributed by atoms with Crippen LogP contribution in [0, 0.1) is 0 Å². The quantitative estimate of drug-likeness (QED) is 0.709. The average Bonchev–Trinajstić information content (AvgIpc) is 3.20. The van der Waals surface area contributed by atoms with E-state index in [-0.39, 0.29) is 11.3 Å². The predicted molar refractivity (Wildman–Crippen MR) is 108 cm³/mol. The van der Waals surface area contributed by atoms with Gasteiger partial charge < -0.3 is 14.4 Å². The van der Waals surface area contributed by atoms with E-state index >= 15 is 0 Å². The van der Waals surface area contributed by atoms with Gasteiger partial charge in [-0.05, 0) is 19.3 Å². The Kier molecular flexibility index (Phi) is 4.79. The first-order valence-electron chi connectivity index (χ1n) is 9.87. The van der Waals surface area contributed by atoms with Crippen molar-refractivity contribution < 1.29 is 9.32 Å². The monoisotopic (exact) mass is 378 g/mol. The van der Waals surface area contributed by atoms with E-state index in [1.165, 1.54) is 0 Å². The Hall–Kier alpha value is -2.89. The molecule has 0 aliphatic carbocycles. The van der Waals surface area contributed by atoms with Gasteiger partial charge in [-0.25, -0.2) is 4.98 Å². The van der Waals surface area contributed by atoms with Gasteiger partial charge in [0.2, 0.25) is 0 Å². The molecule has 146 valence electrons. The van der Waals surface area contributed by atoms with Gasteiger partial charge in [0, 0.05) is 23.6 Å². The summed E-state index contributed by atoms with van der Waals surface area (Å²) in [7, 11) is 0. The summed E-state index contributed by atoms with van der Waals surface area (Å²) in [5.74, 6) is 1.78. The number of benzene rings is 1. The second-order valence-electron chi connectivity index (χ2n) is 8.34. The highest BCUT2D eigenvalue weighted by atomic mass is 16.5. The Balaban J connectivity index is 1.68. The standard InChI is InChI=1S/C22H26N4O2/c1-22(2,3)17-14-18(25-28-17)23-21(27)19-16-12-8-5-9-13-26(16)20(24-19)15-10-6-4-7-11-15/h4,6-7,10-11,14H,5,8-9,12-13H2,1-3H3,(H,23,25,27). The SMILES string of the molecule is CC(C)(C)c1cc(NC(=O)c2nc(-c3ccccc3)n3c2CCCCC3)no1. The fraction of sp³-hybridized carbons (Fsp3) is 0.409. The number of amides is 1. The highest BCUT2D eigenvalue weighted by Gasteiger charge is 2.26. The first kappa shape index (κ1) is 18.5. The molecule has 6 nitrogen and oxygen atoms in total. The fourth-order valence-electron chi connectivity index (χ4n) is 3.57. The van der Waals surface area contributed by atoms with Crippen molar-refractivity contribution in [2.75, 3.05) is 5.32 Å². The van der Waals surface area contributed by atoms with Gasteiger partial charge in [0.15, 0.2) is 5.82 Å². The summed E-state index contributed by atoms with van der Waals surface area (Å²) < 4.78 is 7.59. The van der Waals surface area contributed by atoms with Crippen molar-refractivity contribution in [1.29, 1.82) is 0 Å². The van der Waals surface area contributed by atoms with Crippen molar-refractivity contribution >= 4 is 11.7 Å². The number of hydrogen-bond acceptors (Lipinski definition) is 4. The molecule has 2 aromatic heterocycles. The van der Waals surface area contributed by atoms with Crippen LogP contribution in [-0.2, 0) is 18.4 Å². The van der Waals surface area contributed by atoms with Crippen LogP contribution >= 0.6 is 0 Å². The third-order valence-electron chi connectivity index (χ3n) is 5.11. The first-order chi connectivity index (χ1) is 13.4. The molecule has 0 atom stereocenters. The van der Waals surface area contributed by atoms with E-state index in [4.69, 9.17) is 9.51 Å². The number of aromatic nitrogens is 3. The van der Waals surface area contributed by atoms with Gasteiger partial charge in [-0.2, -0.15) is 0 Å². The van der Waals surface area contributed by atoms with Crippen LogP contribution in [0.2, 0.25) is 0 Å². The zero-order chi connectivity index (χ0) is 19.7. The predicted octanol–water partition coefficient (Wildman–Crippen LogP) is 4.81. The Morgan fingerprint density at radius 1 is 1.14 bits per heavy atom. The van der Waals surface area contributed by atoms with Gasteiger partial charge in [-0.1, -0.05) is 62.7 Å². The lowest BCUT2D eigenvalue weighted by atomic mass is 9.93. The third-order valence-corrected chi connectivity index (χ3v) is 5.11. The molecule has 1 aliphatic heterocycles. The van der Waals surface area contributed by atoms with E-state index in [0.717, 1.165) is 55.1 Å². The Morgan fingerprint density at radius 3 is 2.64 bits per heavy atom. The normalized spacial score (nSPS) is 14.4. The van der Waals surface area contributed by atoms with E-state index in [0.29, 0.717) is 11.5 Å². The number of carbonyl (C=O) groups is 1. The number of imidazole rings is 1. The smallest absolute Gasteiger partial charge is 0.277 e. The second-order valence-corrected chi connectivity index (χ2v) is 8.34. The van der Waals surface area contributed by atoms with Crippen LogP contribution in [0.4, 0.5) is 5.82 Å². The molecule has 0 radical (unpaired) electrons. The number of hydrogen-bond donors (Lipinski definition) is 1. The van der Waals surface area contributed by atoms with Crippen molar-refractivity contribution in [3.63, 3.8) is 0 Å². The maximum atomic E-state index is 13.0. The van der Waals surface area contributed by atoms with Gasteiger partial charge >= 0.3 is 0 Å². The van der Waals surface area contributed by atoms with Crippen LogP contribution in [0.25, 0.3) is 11.4 Å². The molecule has 1 N–H and O–H groups in total. The minimum absolute atomic E-state index is 0.165. The summed E-state index contributed by atoms with van der Waals surface area (Å²) in [5.41, 5.74) is 2.36. The summed E-state index contributed by atoms with van der Waals surface area (Å²) >= 11 is 0. The van der Waals surface area contributed by atoms with Crippen LogP contribution in [0.1, 0.15) is 62.0 Å². The summed E-state index contributed by atoms with van der Waals surface area (Å²) in [4.78, 5) is 17.8. The van der Waals surface area contributed by atoms with E-state index in [1.54, 1.807) is 6.07 Å².